The quantitative estimate of drug-likeness (QED) is 0.365. The lowest BCUT2D eigenvalue weighted by atomic mass is 10.1. The van der Waals surface area contributed by atoms with Crippen LogP contribution in [-0.4, -0.2) is 5.78 Å². The molecule has 1 nitrogen and oxygen atoms in total. The van der Waals surface area contributed by atoms with Crippen molar-refractivity contribution >= 4 is 15.0 Å². The van der Waals surface area contributed by atoms with Gasteiger partial charge < -0.3 is 4.79 Å². The average Bonchev–Trinajstić information content (AvgIpc) is 2.51. The van der Waals surface area contributed by atoms with Crippen molar-refractivity contribution in [2.75, 3.05) is 0 Å². The zero-order valence-corrected chi connectivity index (χ0v) is 18.9. The van der Waals surface area contributed by atoms with Gasteiger partial charge in [-0.15, -0.1) is 9.24 Å². The summed E-state index contributed by atoms with van der Waals surface area (Å²) in [7, 11) is 2.60. The fourth-order valence-electron chi connectivity index (χ4n) is 0.961. The van der Waals surface area contributed by atoms with E-state index in [1.807, 2.05) is 45.9 Å². The Morgan fingerprint density at radius 1 is 1.09 bits per heavy atom. The second-order valence-electron chi connectivity index (χ2n) is 4.80. The lowest BCUT2D eigenvalue weighted by Gasteiger charge is -1.95. The van der Waals surface area contributed by atoms with E-state index in [2.05, 4.69) is 49.6 Å². The van der Waals surface area contributed by atoms with E-state index < -0.39 is 0 Å². The van der Waals surface area contributed by atoms with Gasteiger partial charge in [0, 0.05) is 0 Å². The van der Waals surface area contributed by atoms with Gasteiger partial charge >= 0.3 is 0 Å². The first-order valence-electron chi connectivity index (χ1n) is 9.03. The highest BCUT2D eigenvalue weighted by Gasteiger charge is 1.85. The van der Waals surface area contributed by atoms with Crippen LogP contribution in [0, 0.1) is 5.92 Å². The molecule has 0 N–H and O–H groups in total. The molecular weight excluding hydrogens is 299 g/mol. The number of ketones is 1. The molecule has 0 aromatic carbocycles. The number of hydrogen-bond donors (Lipinski definition) is 0. The summed E-state index contributed by atoms with van der Waals surface area (Å²) in [5, 5.41) is 1.12. The predicted molar refractivity (Wildman–Crippen MR) is 116 cm³/mol. The molecule has 0 aliphatic carbocycles. The van der Waals surface area contributed by atoms with Crippen LogP contribution in [0.5, 0.6) is 0 Å². The molecule has 0 aromatic rings. The van der Waals surface area contributed by atoms with Crippen molar-refractivity contribution in [2.45, 2.75) is 88.5 Å². The van der Waals surface area contributed by atoms with Crippen LogP contribution >= 0.6 is 9.24 Å². The van der Waals surface area contributed by atoms with Gasteiger partial charge in [0.05, 0.1) is 0 Å². The van der Waals surface area contributed by atoms with Crippen molar-refractivity contribution in [3.8, 4) is 0 Å². The fourth-order valence-corrected chi connectivity index (χ4v) is 1.07. The highest BCUT2D eigenvalue weighted by Crippen LogP contribution is 2.04. The molecule has 140 valence electrons. The first-order chi connectivity index (χ1) is 10.8. The molecule has 0 rings (SSSR count). The van der Waals surface area contributed by atoms with E-state index in [9.17, 15) is 4.79 Å². The van der Waals surface area contributed by atoms with E-state index in [0.717, 1.165) is 17.7 Å². The molecule has 0 amide bonds. The van der Waals surface area contributed by atoms with Crippen LogP contribution in [-0.2, 0) is 4.79 Å². The van der Waals surface area contributed by atoms with Crippen LogP contribution in [0.3, 0.4) is 0 Å². The molecule has 1 unspecified atom stereocenters. The second kappa shape index (κ2) is 37.5. The highest BCUT2D eigenvalue weighted by molar-refractivity contribution is 7.22. The van der Waals surface area contributed by atoms with E-state index in [-0.39, 0.29) is 5.78 Å². The Balaban J connectivity index is -0.0000000671. The Morgan fingerprint density at radius 2 is 1.48 bits per heavy atom. The van der Waals surface area contributed by atoms with Gasteiger partial charge in [-0.1, -0.05) is 99.1 Å². The zero-order chi connectivity index (χ0) is 19.7. The molecule has 23 heavy (non-hydrogen) atoms. The van der Waals surface area contributed by atoms with Crippen molar-refractivity contribution in [2.24, 2.45) is 5.92 Å². The van der Waals surface area contributed by atoms with Gasteiger partial charge in [-0.3, -0.25) is 0 Å². The molecule has 0 spiro atoms. The van der Waals surface area contributed by atoms with E-state index in [1.165, 1.54) is 26.7 Å². The minimum Gasteiger partial charge on any atom is -0.300 e. The number of rotatable bonds is 5. The molecular formula is C21H45OP. The summed E-state index contributed by atoms with van der Waals surface area (Å²) in [5.74, 6) is 1.06. The van der Waals surface area contributed by atoms with Gasteiger partial charge in [-0.05, 0) is 31.5 Å². The molecule has 0 fully saturated rings. The van der Waals surface area contributed by atoms with Crippen molar-refractivity contribution in [3.63, 3.8) is 0 Å². The van der Waals surface area contributed by atoms with Crippen LogP contribution in [0.2, 0.25) is 0 Å². The first kappa shape index (κ1) is 33.8. The van der Waals surface area contributed by atoms with Crippen LogP contribution in [0.15, 0.2) is 36.2 Å². The largest absolute Gasteiger partial charge is 0.300 e. The summed E-state index contributed by atoms with van der Waals surface area (Å²) in [6.45, 7) is 23.5. The Labute approximate surface area is 150 Å². The van der Waals surface area contributed by atoms with Crippen LogP contribution in [0.1, 0.15) is 88.5 Å². The molecule has 2 heteroatoms. The monoisotopic (exact) mass is 344 g/mol. The van der Waals surface area contributed by atoms with Gasteiger partial charge in [-0.25, -0.2) is 0 Å². The summed E-state index contributed by atoms with van der Waals surface area (Å²) >= 11 is 0. The second-order valence-corrected chi connectivity index (χ2v) is 5.46. The van der Waals surface area contributed by atoms with Gasteiger partial charge in [0.25, 0.3) is 0 Å². The normalized spacial score (nSPS) is 9.13. The lowest BCUT2D eigenvalue weighted by molar-refractivity contribution is -0.114. The molecule has 0 aliphatic heterocycles. The van der Waals surface area contributed by atoms with E-state index in [1.54, 1.807) is 0 Å². The highest BCUT2D eigenvalue weighted by atomic mass is 31.0. The number of hydrogen-bond acceptors (Lipinski definition) is 1. The third kappa shape index (κ3) is 91.6. The van der Waals surface area contributed by atoms with Crippen molar-refractivity contribution in [3.05, 3.63) is 36.2 Å². The van der Waals surface area contributed by atoms with Gasteiger partial charge in [-0.2, -0.15) is 0 Å². The predicted octanol–water partition coefficient (Wildman–Crippen LogP) is 7.99. The third-order valence-corrected chi connectivity index (χ3v) is 2.19. The van der Waals surface area contributed by atoms with Crippen molar-refractivity contribution in [1.82, 2.24) is 0 Å². The smallest absolute Gasteiger partial charge is 0.126 e. The Morgan fingerprint density at radius 3 is 1.65 bits per heavy atom. The molecule has 1 atom stereocenters. The maximum absolute atomic E-state index is 9.44. The van der Waals surface area contributed by atoms with Crippen LogP contribution < -0.4 is 0 Å². The van der Waals surface area contributed by atoms with Gasteiger partial charge in [0.1, 0.15) is 5.78 Å². The summed E-state index contributed by atoms with van der Waals surface area (Å²) in [4.78, 5) is 9.44. The van der Waals surface area contributed by atoms with Crippen molar-refractivity contribution in [1.29, 1.82) is 0 Å². The number of carbonyl (C=O) groups excluding carboxylic acids is 1. The first-order valence-corrected chi connectivity index (χ1v) is 9.61. The third-order valence-electron chi connectivity index (χ3n) is 1.76. The summed E-state index contributed by atoms with van der Waals surface area (Å²) in [6.07, 6.45) is 11.8. The van der Waals surface area contributed by atoms with E-state index in [4.69, 9.17) is 0 Å². The molecule has 0 bridgehead atoms. The van der Waals surface area contributed by atoms with Crippen LogP contribution in [0.25, 0.3) is 0 Å². The number of allylic oxidation sites excluding steroid dienone is 5. The molecule has 0 saturated carbocycles. The van der Waals surface area contributed by atoms with E-state index in [0.29, 0.717) is 0 Å². The van der Waals surface area contributed by atoms with Crippen molar-refractivity contribution < 1.29 is 4.79 Å². The maximum Gasteiger partial charge on any atom is 0.126 e. The van der Waals surface area contributed by atoms with E-state index >= 15 is 0 Å². The standard InChI is InChI=1S/C8H13P.C6H14.C3H6O.2C2H6/c1-3-5-6-7-8(9)4-2;1-4-5-6(2)3;1-3(2)4;2*1-2/h4-7H,2-3,9H2,1H3;6H,4-5H2,1-3H3;1-2H3;2*1-2H3/b6-5-,8-7+;;;;. The molecule has 0 aromatic heterocycles. The molecule has 0 heterocycles. The summed E-state index contributed by atoms with van der Waals surface area (Å²) in [5.41, 5.74) is 0. The fraction of sp³-hybridized carbons (Fsp3) is 0.667. The number of Topliss-reactive ketones (excluding diaryl/α,β-unsaturated/α-hetero) is 1. The van der Waals surface area contributed by atoms with Gasteiger partial charge in [0.15, 0.2) is 0 Å². The zero-order valence-electron chi connectivity index (χ0n) is 17.7. The molecule has 0 aliphatic rings. The Kier molecular flexibility index (Phi) is 55.2. The average molecular weight is 345 g/mol. The Bertz CT molecular complexity index is 259. The Hall–Kier alpha value is -0.680. The maximum atomic E-state index is 9.44. The minimum atomic E-state index is 0.167. The molecule has 0 saturated heterocycles. The SMILES string of the molecule is C=C/C(P)=C\C=C/CC.CC.CC.CC(C)=O.CCCC(C)C. The summed E-state index contributed by atoms with van der Waals surface area (Å²) < 4.78 is 0. The topological polar surface area (TPSA) is 17.1 Å². The van der Waals surface area contributed by atoms with Gasteiger partial charge in [0.2, 0.25) is 0 Å². The lowest BCUT2D eigenvalue weighted by Crippen LogP contribution is -1.81. The minimum absolute atomic E-state index is 0.167. The summed E-state index contributed by atoms with van der Waals surface area (Å²) in [6, 6.07) is 0. The van der Waals surface area contributed by atoms with Crippen LogP contribution in [0.4, 0.5) is 0 Å². The molecule has 0 radical (unpaired) electrons. The number of carbonyl (C=O) groups is 1.